The normalized spacial score (nSPS) is 12.1. The smallest absolute Gasteiger partial charge is 0.376 e. The Morgan fingerprint density at radius 1 is 1.25 bits per heavy atom. The number of nitrogens with one attached hydrogen (secondary N) is 1. The average Bonchev–Trinajstić information content (AvgIpc) is 2.22. The van der Waals surface area contributed by atoms with Crippen molar-refractivity contribution < 1.29 is 34.6 Å². The highest BCUT2D eigenvalue weighted by Gasteiger charge is 2.49. The molecule has 0 aliphatic heterocycles. The third-order valence-corrected chi connectivity index (χ3v) is 2.83. The summed E-state index contributed by atoms with van der Waals surface area (Å²) in [5.41, 5.74) is -1.41. The molecule has 20 heavy (non-hydrogen) atoms. The van der Waals surface area contributed by atoms with Crippen LogP contribution in [-0.4, -0.2) is 19.0 Å². The molecule has 0 saturated carbocycles. The van der Waals surface area contributed by atoms with Gasteiger partial charge in [-0.05, 0) is 12.2 Å². The first-order chi connectivity index (χ1) is 8.94. The van der Waals surface area contributed by atoms with Crippen molar-refractivity contribution in [2.75, 3.05) is 5.32 Å². The maximum Gasteiger partial charge on any atom is 0.534 e. The van der Waals surface area contributed by atoms with Crippen LogP contribution in [0.15, 0.2) is 12.1 Å². The molecule has 1 aromatic carbocycles. The molecular weight excluding hydrogens is 331 g/mol. The molecule has 0 aromatic heterocycles. The van der Waals surface area contributed by atoms with Crippen LogP contribution in [0.3, 0.4) is 0 Å². The Bertz CT molecular complexity index is 644. The molecule has 0 atom stereocenters. The predicted octanol–water partition coefficient (Wildman–Crippen LogP) is 1.85. The Morgan fingerprint density at radius 3 is 2.25 bits per heavy atom. The topological polar surface area (TPSA) is 81.4 Å². The number of thiocarbonyl (C=S) groups is 1. The fourth-order valence-electron chi connectivity index (χ4n) is 0.987. The maximum absolute atomic E-state index is 13.2. The molecule has 0 heterocycles. The molecule has 0 bridgehead atoms. The van der Waals surface area contributed by atoms with Crippen molar-refractivity contribution in [3.63, 3.8) is 0 Å². The molecule has 112 valence electrons. The van der Waals surface area contributed by atoms with Gasteiger partial charge in [0.25, 0.3) is 0 Å². The molecule has 3 N–H and O–H groups in total. The van der Waals surface area contributed by atoms with Gasteiger partial charge in [-0.3, -0.25) is 0 Å². The molecule has 0 spiro atoms. The Kier molecular flexibility index (Phi) is 4.39. The van der Waals surface area contributed by atoms with E-state index in [1.54, 1.807) is 0 Å². The highest BCUT2D eigenvalue weighted by molar-refractivity contribution is 7.88. The van der Waals surface area contributed by atoms with Crippen LogP contribution in [0.2, 0.25) is 0 Å². The summed E-state index contributed by atoms with van der Waals surface area (Å²) in [5.74, 6) is -4.27. The number of halogens is 5. The van der Waals surface area contributed by atoms with Crippen LogP contribution in [0, 0.1) is 11.6 Å². The van der Waals surface area contributed by atoms with Gasteiger partial charge in [0.1, 0.15) is 5.82 Å². The van der Waals surface area contributed by atoms with Gasteiger partial charge in [-0.15, -0.1) is 0 Å². The summed E-state index contributed by atoms with van der Waals surface area (Å²) in [4.78, 5) is 0. The molecule has 1 rings (SSSR count). The van der Waals surface area contributed by atoms with Crippen LogP contribution in [0.25, 0.3) is 0 Å². The van der Waals surface area contributed by atoms with Gasteiger partial charge in [-0.1, -0.05) is 0 Å². The zero-order valence-corrected chi connectivity index (χ0v) is 10.8. The van der Waals surface area contributed by atoms with Gasteiger partial charge in [-0.2, -0.15) is 21.6 Å². The Labute approximate surface area is 114 Å². The second kappa shape index (κ2) is 5.36. The Hall–Kier alpha value is -1.69. The first-order valence-corrected chi connectivity index (χ1v) is 6.32. The second-order valence-corrected chi connectivity index (χ2v) is 5.21. The highest BCUT2D eigenvalue weighted by atomic mass is 32.2. The second-order valence-electron chi connectivity index (χ2n) is 3.23. The van der Waals surface area contributed by atoms with Gasteiger partial charge in [0.2, 0.25) is 0 Å². The van der Waals surface area contributed by atoms with E-state index in [0.717, 1.165) is 0 Å². The van der Waals surface area contributed by atoms with E-state index in [1.165, 1.54) is 0 Å². The van der Waals surface area contributed by atoms with Crippen molar-refractivity contribution in [1.82, 2.24) is 0 Å². The van der Waals surface area contributed by atoms with Gasteiger partial charge in [0.05, 0.1) is 5.69 Å². The van der Waals surface area contributed by atoms with Gasteiger partial charge in [0, 0.05) is 12.1 Å². The van der Waals surface area contributed by atoms with Crippen molar-refractivity contribution in [2.24, 2.45) is 5.73 Å². The molecule has 12 heteroatoms. The summed E-state index contributed by atoms with van der Waals surface area (Å²) in [6.07, 6.45) is 0. The number of anilines is 1. The Morgan fingerprint density at radius 2 is 1.80 bits per heavy atom. The van der Waals surface area contributed by atoms with E-state index in [4.69, 9.17) is 5.73 Å². The summed E-state index contributed by atoms with van der Waals surface area (Å²) in [5, 5.41) is 1.50. The minimum Gasteiger partial charge on any atom is -0.376 e. The molecule has 0 saturated heterocycles. The van der Waals surface area contributed by atoms with Crippen molar-refractivity contribution in [3.05, 3.63) is 23.8 Å². The standard InChI is InChI=1S/C8H5F5N2O3S2/c9-3-1-4(10)6(2-5(3)15-7(14)19)18-20(16,17)8(11,12)13/h1-2H,(H3,14,15,19). The highest BCUT2D eigenvalue weighted by Crippen LogP contribution is 2.31. The predicted molar refractivity (Wildman–Crippen MR) is 62.4 cm³/mol. The van der Waals surface area contributed by atoms with Gasteiger partial charge >= 0.3 is 15.6 Å². The minimum atomic E-state index is -6.09. The lowest BCUT2D eigenvalue weighted by atomic mass is 10.3. The van der Waals surface area contributed by atoms with Crippen LogP contribution in [0.5, 0.6) is 5.75 Å². The van der Waals surface area contributed by atoms with Gasteiger partial charge < -0.3 is 15.2 Å². The number of benzene rings is 1. The molecule has 1 aromatic rings. The Balaban J connectivity index is 3.23. The van der Waals surface area contributed by atoms with Gasteiger partial charge in [-0.25, -0.2) is 8.78 Å². The van der Waals surface area contributed by atoms with E-state index in [1.807, 2.05) is 5.32 Å². The van der Waals surface area contributed by atoms with Gasteiger partial charge in [0.15, 0.2) is 16.7 Å². The van der Waals surface area contributed by atoms with Crippen LogP contribution in [0.1, 0.15) is 0 Å². The number of rotatable bonds is 3. The van der Waals surface area contributed by atoms with E-state index in [2.05, 4.69) is 16.4 Å². The fraction of sp³-hybridized carbons (Fsp3) is 0.125. The van der Waals surface area contributed by atoms with E-state index in [-0.39, 0.29) is 6.07 Å². The zero-order valence-electron chi connectivity index (χ0n) is 9.16. The maximum atomic E-state index is 13.2. The van der Waals surface area contributed by atoms with Crippen LogP contribution >= 0.6 is 12.2 Å². The lowest BCUT2D eigenvalue weighted by molar-refractivity contribution is -0.0500. The molecule has 5 nitrogen and oxygen atoms in total. The van der Waals surface area contributed by atoms with Crippen molar-refractivity contribution >= 4 is 33.1 Å². The first-order valence-electron chi connectivity index (χ1n) is 4.50. The quantitative estimate of drug-likeness (QED) is 0.379. The molecule has 0 radical (unpaired) electrons. The molecule has 0 fully saturated rings. The van der Waals surface area contributed by atoms with E-state index in [0.29, 0.717) is 6.07 Å². The number of nitrogens with two attached hydrogens (primary N) is 1. The summed E-state index contributed by atoms with van der Waals surface area (Å²) >= 11 is 4.35. The summed E-state index contributed by atoms with van der Waals surface area (Å²) < 4.78 is 87.6. The lowest BCUT2D eigenvalue weighted by Gasteiger charge is -2.12. The van der Waals surface area contributed by atoms with Crippen molar-refractivity contribution in [3.8, 4) is 5.75 Å². The third kappa shape index (κ3) is 3.66. The molecule has 0 aliphatic carbocycles. The van der Waals surface area contributed by atoms with E-state index < -0.39 is 43.8 Å². The zero-order chi connectivity index (χ0) is 15.7. The lowest BCUT2D eigenvalue weighted by Crippen LogP contribution is -2.28. The summed E-state index contributed by atoms with van der Waals surface area (Å²) in [6, 6.07) is 0.453. The number of alkyl halides is 3. The summed E-state index contributed by atoms with van der Waals surface area (Å²) in [6.45, 7) is 0. The SMILES string of the molecule is NC(=S)Nc1cc(OS(=O)(=O)C(F)(F)F)c(F)cc1F. The van der Waals surface area contributed by atoms with E-state index in [9.17, 15) is 30.4 Å². The molecular formula is C8H5F5N2O3S2. The monoisotopic (exact) mass is 336 g/mol. The minimum absolute atomic E-state index is 0.113. The van der Waals surface area contributed by atoms with E-state index >= 15 is 0 Å². The molecule has 0 amide bonds. The number of hydrogen-bond acceptors (Lipinski definition) is 4. The van der Waals surface area contributed by atoms with Crippen molar-refractivity contribution in [2.45, 2.75) is 5.51 Å². The average molecular weight is 336 g/mol. The number of hydrogen-bond donors (Lipinski definition) is 2. The molecule has 0 aliphatic rings. The van der Waals surface area contributed by atoms with Crippen LogP contribution in [-0.2, 0) is 10.1 Å². The van der Waals surface area contributed by atoms with Crippen LogP contribution < -0.4 is 15.2 Å². The van der Waals surface area contributed by atoms with Crippen LogP contribution in [0.4, 0.5) is 27.6 Å². The fourth-order valence-corrected chi connectivity index (χ4v) is 1.56. The third-order valence-electron chi connectivity index (χ3n) is 1.76. The largest absolute Gasteiger partial charge is 0.534 e. The van der Waals surface area contributed by atoms with Crippen molar-refractivity contribution in [1.29, 1.82) is 0 Å². The molecule has 0 unspecified atom stereocenters. The first kappa shape index (κ1) is 16.4. The summed E-state index contributed by atoms with van der Waals surface area (Å²) in [7, 11) is -6.09.